The van der Waals surface area contributed by atoms with Crippen molar-refractivity contribution in [1.82, 2.24) is 9.55 Å². The first-order valence-electron chi connectivity index (χ1n) is 7.10. The molecule has 0 aliphatic heterocycles. The molecule has 2 aromatic rings. The van der Waals surface area contributed by atoms with Crippen LogP contribution in [0.15, 0.2) is 12.1 Å². The summed E-state index contributed by atoms with van der Waals surface area (Å²) < 4.78 is 15.7. The van der Waals surface area contributed by atoms with E-state index in [-0.39, 0.29) is 15.8 Å². The molecule has 2 nitrogen and oxygen atoms in total. The quantitative estimate of drug-likeness (QED) is 0.649. The van der Waals surface area contributed by atoms with E-state index in [2.05, 4.69) is 37.2 Å². The van der Waals surface area contributed by atoms with Gasteiger partial charge in [0, 0.05) is 12.6 Å². The normalized spacial score (nSPS) is 15.4. The number of hydrogen-bond donors (Lipinski definition) is 0. The lowest BCUT2D eigenvalue weighted by Gasteiger charge is -2.28. The molecule has 1 aromatic heterocycles. The first-order chi connectivity index (χ1) is 9.61. The number of alkyl halides is 1. The average Bonchev–Trinajstić information content (AvgIpc) is 2.67. The lowest BCUT2D eigenvalue weighted by Crippen LogP contribution is -2.23. The number of halogens is 3. The zero-order chi connectivity index (χ0) is 15.9. The van der Waals surface area contributed by atoms with Crippen LogP contribution in [0.1, 0.15) is 45.8 Å². The number of aromatic nitrogens is 2. The van der Waals surface area contributed by atoms with Gasteiger partial charge in [0.25, 0.3) is 0 Å². The number of nitrogens with zero attached hydrogens (tertiary/aromatic N) is 2. The maximum atomic E-state index is 13.6. The van der Waals surface area contributed by atoms with Crippen molar-refractivity contribution in [3.05, 3.63) is 28.8 Å². The van der Waals surface area contributed by atoms with Gasteiger partial charge in [-0.05, 0) is 24.3 Å². The minimum Gasteiger partial charge on any atom is -0.326 e. The van der Waals surface area contributed by atoms with E-state index in [0.29, 0.717) is 11.4 Å². The Kier molecular flexibility index (Phi) is 4.55. The third-order valence-corrected chi connectivity index (χ3v) is 4.60. The summed E-state index contributed by atoms with van der Waals surface area (Å²) in [6.07, 6.45) is 0. The van der Waals surface area contributed by atoms with Crippen LogP contribution < -0.4 is 0 Å². The molecule has 1 heterocycles. The molecule has 116 valence electrons. The summed E-state index contributed by atoms with van der Waals surface area (Å²) in [5, 5.41) is -0.132. The van der Waals surface area contributed by atoms with Crippen molar-refractivity contribution < 1.29 is 4.39 Å². The van der Waals surface area contributed by atoms with Gasteiger partial charge in [-0.3, -0.25) is 0 Å². The Bertz CT molecular complexity index is 656. The van der Waals surface area contributed by atoms with E-state index in [4.69, 9.17) is 23.2 Å². The lowest BCUT2D eigenvalue weighted by molar-refractivity contribution is 0.233. The highest BCUT2D eigenvalue weighted by Gasteiger charge is 2.24. The van der Waals surface area contributed by atoms with Crippen molar-refractivity contribution in [1.29, 1.82) is 0 Å². The Morgan fingerprint density at radius 2 is 1.90 bits per heavy atom. The maximum absolute atomic E-state index is 13.6. The van der Waals surface area contributed by atoms with Gasteiger partial charge >= 0.3 is 0 Å². The van der Waals surface area contributed by atoms with E-state index in [9.17, 15) is 4.39 Å². The van der Waals surface area contributed by atoms with Gasteiger partial charge < -0.3 is 4.57 Å². The highest BCUT2D eigenvalue weighted by Crippen LogP contribution is 2.32. The molecule has 0 radical (unpaired) electrons. The molecule has 1 aromatic carbocycles. The Balaban J connectivity index is 2.58. The van der Waals surface area contributed by atoms with Gasteiger partial charge in [0.15, 0.2) is 0 Å². The summed E-state index contributed by atoms with van der Waals surface area (Å²) in [6, 6.07) is 3.01. The molecule has 2 unspecified atom stereocenters. The summed E-state index contributed by atoms with van der Waals surface area (Å²) >= 11 is 12.2. The molecule has 0 bridgehead atoms. The molecule has 21 heavy (non-hydrogen) atoms. The Morgan fingerprint density at radius 1 is 1.29 bits per heavy atom. The molecule has 0 fully saturated rings. The molecule has 0 spiro atoms. The van der Waals surface area contributed by atoms with Crippen molar-refractivity contribution in [3.63, 3.8) is 0 Å². The second kappa shape index (κ2) is 5.77. The van der Waals surface area contributed by atoms with Gasteiger partial charge in [-0.2, -0.15) is 0 Å². The van der Waals surface area contributed by atoms with Gasteiger partial charge in [-0.15, -0.1) is 11.6 Å². The molecule has 0 saturated carbocycles. The van der Waals surface area contributed by atoms with Crippen LogP contribution >= 0.6 is 23.2 Å². The fourth-order valence-electron chi connectivity index (χ4n) is 2.18. The van der Waals surface area contributed by atoms with E-state index in [1.807, 2.05) is 6.92 Å². The molecule has 0 aliphatic carbocycles. The van der Waals surface area contributed by atoms with Gasteiger partial charge in [0.05, 0.1) is 21.4 Å². The van der Waals surface area contributed by atoms with Crippen molar-refractivity contribution in [2.45, 2.75) is 46.5 Å². The van der Waals surface area contributed by atoms with Gasteiger partial charge in [0.1, 0.15) is 11.6 Å². The summed E-state index contributed by atoms with van der Waals surface area (Å²) in [6.45, 7) is 11.4. The maximum Gasteiger partial charge on any atom is 0.144 e. The monoisotopic (exact) mass is 330 g/mol. The standard InChI is InChI=1S/C16H21Cl2FN2/c1-9(16(3,4)5)8-21-14-6-11(18)12(19)7-13(14)20-15(21)10(2)17/h6-7,9-10H,8H2,1-5H3. The van der Waals surface area contributed by atoms with Crippen LogP contribution in [-0.2, 0) is 6.54 Å². The summed E-state index contributed by atoms with van der Waals surface area (Å²) in [4.78, 5) is 4.48. The van der Waals surface area contributed by atoms with Crippen LogP contribution in [0.4, 0.5) is 4.39 Å². The second-order valence-corrected chi connectivity index (χ2v) is 7.78. The molecular formula is C16H21Cl2FN2. The topological polar surface area (TPSA) is 17.8 Å². The Morgan fingerprint density at radius 3 is 2.43 bits per heavy atom. The van der Waals surface area contributed by atoms with E-state index < -0.39 is 5.82 Å². The van der Waals surface area contributed by atoms with Gasteiger partial charge in [-0.1, -0.05) is 39.3 Å². The SMILES string of the molecule is CC(Cl)c1nc2cc(F)c(Cl)cc2n1CC(C)C(C)(C)C. The minimum absolute atomic E-state index is 0.112. The number of benzene rings is 1. The number of imidazole rings is 1. The largest absolute Gasteiger partial charge is 0.326 e. The summed E-state index contributed by atoms with van der Waals surface area (Å²) in [5.74, 6) is 0.712. The number of fused-ring (bicyclic) bond motifs is 1. The van der Waals surface area contributed by atoms with E-state index in [0.717, 1.165) is 17.9 Å². The number of hydrogen-bond acceptors (Lipinski definition) is 1. The third kappa shape index (κ3) is 3.35. The van der Waals surface area contributed by atoms with E-state index in [1.165, 1.54) is 6.07 Å². The highest BCUT2D eigenvalue weighted by molar-refractivity contribution is 6.31. The molecule has 5 heteroatoms. The van der Waals surface area contributed by atoms with Gasteiger partial charge in [-0.25, -0.2) is 9.37 Å². The fraction of sp³-hybridized carbons (Fsp3) is 0.562. The second-order valence-electron chi connectivity index (χ2n) is 6.72. The molecular weight excluding hydrogens is 310 g/mol. The Hall–Kier alpha value is -0.800. The zero-order valence-corrected chi connectivity index (χ0v) is 14.6. The molecule has 2 atom stereocenters. The Labute approximate surface area is 135 Å². The minimum atomic E-state index is -0.452. The van der Waals surface area contributed by atoms with Crippen molar-refractivity contribution >= 4 is 34.2 Å². The van der Waals surface area contributed by atoms with Crippen molar-refractivity contribution in [3.8, 4) is 0 Å². The van der Waals surface area contributed by atoms with Crippen molar-refractivity contribution in [2.75, 3.05) is 0 Å². The van der Waals surface area contributed by atoms with E-state index in [1.54, 1.807) is 6.07 Å². The first kappa shape index (κ1) is 16.6. The van der Waals surface area contributed by atoms with Crippen molar-refractivity contribution in [2.24, 2.45) is 11.3 Å². The van der Waals surface area contributed by atoms with E-state index >= 15 is 0 Å². The van der Waals surface area contributed by atoms with Crippen LogP contribution in [0.25, 0.3) is 11.0 Å². The molecule has 0 saturated heterocycles. The lowest BCUT2D eigenvalue weighted by atomic mass is 9.82. The van der Waals surface area contributed by atoms with Crippen LogP contribution in [0.2, 0.25) is 5.02 Å². The third-order valence-electron chi connectivity index (χ3n) is 4.11. The number of rotatable bonds is 3. The predicted molar refractivity (Wildman–Crippen MR) is 87.6 cm³/mol. The average molecular weight is 331 g/mol. The van der Waals surface area contributed by atoms with Crippen LogP contribution in [0.5, 0.6) is 0 Å². The predicted octanol–water partition coefficient (Wildman–Crippen LogP) is 5.81. The zero-order valence-electron chi connectivity index (χ0n) is 13.0. The molecule has 0 aliphatic rings. The fourth-order valence-corrected chi connectivity index (χ4v) is 2.51. The van der Waals surface area contributed by atoms with Crippen LogP contribution in [-0.4, -0.2) is 9.55 Å². The summed E-state index contributed by atoms with van der Waals surface area (Å²) in [5.41, 5.74) is 1.59. The highest BCUT2D eigenvalue weighted by atomic mass is 35.5. The molecule has 0 N–H and O–H groups in total. The van der Waals surface area contributed by atoms with Crippen LogP contribution in [0.3, 0.4) is 0 Å². The summed E-state index contributed by atoms with van der Waals surface area (Å²) in [7, 11) is 0. The molecule has 2 rings (SSSR count). The van der Waals surface area contributed by atoms with Crippen LogP contribution in [0, 0.1) is 17.2 Å². The molecule has 0 amide bonds. The smallest absolute Gasteiger partial charge is 0.144 e. The first-order valence-corrected chi connectivity index (χ1v) is 7.92. The van der Waals surface area contributed by atoms with Gasteiger partial charge in [0.2, 0.25) is 0 Å².